The Morgan fingerprint density at radius 1 is 1.53 bits per heavy atom. The average molecular weight is 262 g/mol. The normalized spacial score (nSPS) is 11.1. The molecular weight excluding hydrogens is 244 g/mol. The summed E-state index contributed by atoms with van der Waals surface area (Å²) in [4.78, 5) is 16.0. The topological polar surface area (TPSA) is 79.9 Å². The van der Waals surface area contributed by atoms with Crippen molar-refractivity contribution in [2.45, 2.75) is 26.4 Å². The minimum absolute atomic E-state index is 0.191. The van der Waals surface area contributed by atoms with Crippen molar-refractivity contribution < 1.29 is 9.53 Å². The minimum atomic E-state index is -0.191. The molecule has 0 saturated heterocycles. The number of carbonyl (C=O) groups excluding carboxylic acids is 1. The molecule has 0 saturated carbocycles. The third kappa shape index (κ3) is 3.51. The second-order valence-corrected chi connectivity index (χ2v) is 4.52. The first-order valence-electron chi connectivity index (χ1n) is 6.36. The molecule has 0 radical (unpaired) electrons. The number of hydrogen-bond donors (Lipinski definition) is 2. The van der Waals surface area contributed by atoms with Crippen LogP contribution in [0.2, 0.25) is 0 Å². The number of fused-ring (bicyclic) bond motifs is 1. The van der Waals surface area contributed by atoms with E-state index in [4.69, 9.17) is 4.74 Å². The summed E-state index contributed by atoms with van der Waals surface area (Å²) in [7, 11) is 0. The summed E-state index contributed by atoms with van der Waals surface area (Å²) in [6.07, 6.45) is 4.29. The van der Waals surface area contributed by atoms with Crippen LogP contribution >= 0.6 is 0 Å². The molecule has 6 heteroatoms. The lowest BCUT2D eigenvalue weighted by Crippen LogP contribution is -2.26. The van der Waals surface area contributed by atoms with Gasteiger partial charge >= 0.3 is 0 Å². The highest BCUT2D eigenvalue weighted by Gasteiger charge is 2.13. The molecule has 0 aliphatic heterocycles. The molecule has 19 heavy (non-hydrogen) atoms. The number of hydrogen-bond acceptors (Lipinski definition) is 4. The van der Waals surface area contributed by atoms with Crippen LogP contribution in [-0.2, 0) is 4.74 Å². The minimum Gasteiger partial charge on any atom is -0.379 e. The predicted molar refractivity (Wildman–Crippen MR) is 71.9 cm³/mol. The van der Waals surface area contributed by atoms with Crippen molar-refractivity contribution in [2.24, 2.45) is 0 Å². The van der Waals surface area contributed by atoms with Gasteiger partial charge in [-0.25, -0.2) is 0 Å². The average Bonchev–Trinajstić information content (AvgIpc) is 2.81. The van der Waals surface area contributed by atoms with Crippen LogP contribution in [0.15, 0.2) is 18.5 Å². The molecule has 2 heterocycles. The van der Waals surface area contributed by atoms with Crippen LogP contribution in [0, 0.1) is 0 Å². The lowest BCUT2D eigenvalue weighted by atomic mass is 10.2. The van der Waals surface area contributed by atoms with Crippen molar-refractivity contribution in [3.63, 3.8) is 0 Å². The number of aromatic nitrogens is 3. The van der Waals surface area contributed by atoms with Gasteiger partial charge in [0.2, 0.25) is 0 Å². The van der Waals surface area contributed by atoms with Crippen molar-refractivity contribution in [2.75, 3.05) is 13.2 Å². The van der Waals surface area contributed by atoms with Crippen molar-refractivity contribution in [1.82, 2.24) is 20.5 Å². The summed E-state index contributed by atoms with van der Waals surface area (Å²) in [6, 6.07) is 1.79. The zero-order valence-electron chi connectivity index (χ0n) is 11.1. The Morgan fingerprint density at radius 2 is 2.37 bits per heavy atom. The van der Waals surface area contributed by atoms with Gasteiger partial charge in [0.25, 0.3) is 5.91 Å². The van der Waals surface area contributed by atoms with Gasteiger partial charge in [-0.3, -0.25) is 14.9 Å². The number of pyridine rings is 1. The van der Waals surface area contributed by atoms with Crippen LogP contribution in [0.4, 0.5) is 0 Å². The summed E-state index contributed by atoms with van der Waals surface area (Å²) in [6.45, 7) is 5.18. The summed E-state index contributed by atoms with van der Waals surface area (Å²) >= 11 is 0. The van der Waals surface area contributed by atoms with Gasteiger partial charge < -0.3 is 10.1 Å². The molecule has 102 valence electrons. The molecule has 0 aliphatic rings. The van der Waals surface area contributed by atoms with Crippen LogP contribution in [0.1, 0.15) is 30.8 Å². The fourth-order valence-electron chi connectivity index (χ4n) is 1.71. The van der Waals surface area contributed by atoms with E-state index < -0.39 is 0 Å². The number of carbonyl (C=O) groups is 1. The highest BCUT2D eigenvalue weighted by molar-refractivity contribution is 6.04. The highest BCUT2D eigenvalue weighted by Crippen LogP contribution is 2.13. The van der Waals surface area contributed by atoms with Crippen LogP contribution in [-0.4, -0.2) is 40.3 Å². The number of nitrogens with one attached hydrogen (secondary N) is 2. The molecule has 0 atom stereocenters. The van der Waals surface area contributed by atoms with Gasteiger partial charge in [-0.1, -0.05) is 0 Å². The zero-order valence-corrected chi connectivity index (χ0v) is 11.1. The lowest BCUT2D eigenvalue weighted by molar-refractivity contribution is 0.0756. The number of H-pyrrole nitrogens is 1. The van der Waals surface area contributed by atoms with Crippen LogP contribution in [0.25, 0.3) is 10.9 Å². The smallest absolute Gasteiger partial charge is 0.272 e. The summed E-state index contributed by atoms with van der Waals surface area (Å²) in [5, 5.41) is 10.4. The third-order valence-electron chi connectivity index (χ3n) is 2.64. The first-order valence-corrected chi connectivity index (χ1v) is 6.36. The number of amides is 1. The number of aromatic amines is 1. The number of nitrogens with zero attached hydrogens (tertiary/aromatic N) is 2. The Balaban J connectivity index is 1.86. The highest BCUT2D eigenvalue weighted by atomic mass is 16.5. The van der Waals surface area contributed by atoms with Crippen molar-refractivity contribution in [1.29, 1.82) is 0 Å². The van der Waals surface area contributed by atoms with E-state index in [9.17, 15) is 4.79 Å². The van der Waals surface area contributed by atoms with Gasteiger partial charge in [0.15, 0.2) is 5.69 Å². The van der Waals surface area contributed by atoms with Gasteiger partial charge in [0.05, 0.1) is 17.0 Å². The molecule has 0 fully saturated rings. The Morgan fingerprint density at radius 3 is 3.16 bits per heavy atom. The molecule has 0 aromatic carbocycles. The van der Waals surface area contributed by atoms with E-state index in [2.05, 4.69) is 20.5 Å². The van der Waals surface area contributed by atoms with E-state index >= 15 is 0 Å². The van der Waals surface area contributed by atoms with Crippen LogP contribution in [0.5, 0.6) is 0 Å². The van der Waals surface area contributed by atoms with E-state index in [1.54, 1.807) is 18.5 Å². The monoisotopic (exact) mass is 262 g/mol. The van der Waals surface area contributed by atoms with Gasteiger partial charge in [0, 0.05) is 25.5 Å². The van der Waals surface area contributed by atoms with Gasteiger partial charge in [-0.2, -0.15) is 5.10 Å². The van der Waals surface area contributed by atoms with E-state index in [0.29, 0.717) is 18.8 Å². The van der Waals surface area contributed by atoms with Crippen LogP contribution < -0.4 is 5.32 Å². The van der Waals surface area contributed by atoms with Gasteiger partial charge in [-0.05, 0) is 26.3 Å². The summed E-state index contributed by atoms with van der Waals surface area (Å²) < 4.78 is 5.40. The SMILES string of the molecule is CC(C)OCCCNC(=O)c1n[nH]c2ccncc12. The number of ether oxygens (including phenoxy) is 1. The fraction of sp³-hybridized carbons (Fsp3) is 0.462. The molecule has 2 N–H and O–H groups in total. The molecule has 0 aliphatic carbocycles. The molecule has 1 amide bonds. The van der Waals surface area contributed by atoms with Crippen LogP contribution in [0.3, 0.4) is 0 Å². The van der Waals surface area contributed by atoms with Gasteiger partial charge in [-0.15, -0.1) is 0 Å². The molecule has 2 aromatic heterocycles. The first-order chi connectivity index (χ1) is 9.18. The summed E-state index contributed by atoms with van der Waals surface area (Å²) in [5.74, 6) is -0.191. The van der Waals surface area contributed by atoms with Crippen molar-refractivity contribution >= 4 is 16.8 Å². The second kappa shape index (κ2) is 6.29. The third-order valence-corrected chi connectivity index (χ3v) is 2.64. The lowest BCUT2D eigenvalue weighted by Gasteiger charge is -2.07. The molecule has 0 unspecified atom stereocenters. The van der Waals surface area contributed by atoms with E-state index in [1.165, 1.54) is 0 Å². The standard InChI is InChI=1S/C13H18N4O2/c1-9(2)19-7-3-5-15-13(18)12-10-8-14-6-4-11(10)16-17-12/h4,6,8-9H,3,5,7H2,1-2H3,(H,15,18)(H,16,17). The van der Waals surface area contributed by atoms with E-state index in [0.717, 1.165) is 17.3 Å². The van der Waals surface area contributed by atoms with E-state index in [-0.39, 0.29) is 12.0 Å². The molecule has 0 spiro atoms. The van der Waals surface area contributed by atoms with Crippen molar-refractivity contribution in [3.05, 3.63) is 24.2 Å². The summed E-state index contributed by atoms with van der Waals surface area (Å²) in [5.41, 5.74) is 1.19. The van der Waals surface area contributed by atoms with Crippen molar-refractivity contribution in [3.8, 4) is 0 Å². The maximum atomic E-state index is 12.0. The Labute approximate surface area is 111 Å². The quantitative estimate of drug-likeness (QED) is 0.773. The number of rotatable bonds is 6. The molecule has 2 aromatic rings. The predicted octanol–water partition coefficient (Wildman–Crippen LogP) is 1.50. The molecule has 6 nitrogen and oxygen atoms in total. The van der Waals surface area contributed by atoms with E-state index in [1.807, 2.05) is 13.8 Å². The zero-order chi connectivity index (χ0) is 13.7. The second-order valence-electron chi connectivity index (χ2n) is 4.52. The molecular formula is C13H18N4O2. The maximum absolute atomic E-state index is 12.0. The maximum Gasteiger partial charge on any atom is 0.272 e. The Kier molecular flexibility index (Phi) is 4.46. The molecule has 0 bridgehead atoms. The molecule has 2 rings (SSSR count). The first kappa shape index (κ1) is 13.5. The van der Waals surface area contributed by atoms with Gasteiger partial charge in [0.1, 0.15) is 0 Å². The Hall–Kier alpha value is -1.95. The largest absolute Gasteiger partial charge is 0.379 e. The fourth-order valence-corrected chi connectivity index (χ4v) is 1.71. The Bertz CT molecular complexity index is 550.